The number of ether oxygens (including phenoxy) is 2. The van der Waals surface area contributed by atoms with Crippen molar-refractivity contribution in [3.8, 4) is 11.5 Å². The summed E-state index contributed by atoms with van der Waals surface area (Å²) in [6, 6.07) is 12.5. The average molecular weight is 350 g/mol. The Morgan fingerprint density at radius 1 is 1.04 bits per heavy atom. The van der Waals surface area contributed by atoms with Gasteiger partial charge in [-0.2, -0.15) is 0 Å². The SMILES string of the molecule is Cc1ccc(OC(=O)COc2ccc3c4c(c(=O)oc3c2)CCC4)cc1. The zero-order chi connectivity index (χ0) is 18.1. The predicted octanol–water partition coefficient (Wildman–Crippen LogP) is 3.57. The minimum Gasteiger partial charge on any atom is -0.482 e. The first-order chi connectivity index (χ1) is 12.6. The largest absolute Gasteiger partial charge is 0.482 e. The number of carbonyl (C=O) groups is 1. The highest BCUT2D eigenvalue weighted by Gasteiger charge is 2.19. The summed E-state index contributed by atoms with van der Waals surface area (Å²) < 4.78 is 16.1. The number of rotatable bonds is 4. The average Bonchev–Trinajstić information content (AvgIpc) is 3.12. The Labute approximate surface area is 150 Å². The first-order valence-electron chi connectivity index (χ1n) is 8.59. The molecule has 1 aliphatic carbocycles. The second-order valence-electron chi connectivity index (χ2n) is 6.43. The molecule has 3 aromatic rings. The van der Waals surface area contributed by atoms with E-state index < -0.39 is 5.97 Å². The van der Waals surface area contributed by atoms with E-state index in [0.29, 0.717) is 17.1 Å². The molecule has 5 heteroatoms. The lowest BCUT2D eigenvalue weighted by molar-refractivity contribution is -0.136. The van der Waals surface area contributed by atoms with Crippen molar-refractivity contribution in [3.05, 3.63) is 69.6 Å². The fourth-order valence-electron chi connectivity index (χ4n) is 3.26. The van der Waals surface area contributed by atoms with Gasteiger partial charge in [-0.15, -0.1) is 0 Å². The van der Waals surface area contributed by atoms with E-state index in [-0.39, 0.29) is 12.2 Å². The minimum absolute atomic E-state index is 0.228. The van der Waals surface area contributed by atoms with Crippen LogP contribution in [0, 0.1) is 6.92 Å². The van der Waals surface area contributed by atoms with Crippen molar-refractivity contribution in [2.45, 2.75) is 26.2 Å². The molecule has 0 atom stereocenters. The number of fused-ring (bicyclic) bond motifs is 3. The first-order valence-corrected chi connectivity index (χ1v) is 8.59. The molecule has 2 aromatic carbocycles. The van der Waals surface area contributed by atoms with Gasteiger partial charge < -0.3 is 13.9 Å². The molecule has 132 valence electrons. The van der Waals surface area contributed by atoms with Gasteiger partial charge in [0.15, 0.2) is 6.61 Å². The molecule has 1 aromatic heterocycles. The molecule has 0 aliphatic heterocycles. The smallest absolute Gasteiger partial charge is 0.349 e. The van der Waals surface area contributed by atoms with Crippen LogP contribution in [0.3, 0.4) is 0 Å². The van der Waals surface area contributed by atoms with E-state index in [1.165, 1.54) is 0 Å². The molecule has 0 saturated heterocycles. The molecule has 0 spiro atoms. The molecule has 0 saturated carbocycles. The lowest BCUT2D eigenvalue weighted by Gasteiger charge is -2.09. The molecule has 0 N–H and O–H groups in total. The number of hydrogen-bond donors (Lipinski definition) is 0. The van der Waals surface area contributed by atoms with E-state index in [2.05, 4.69) is 0 Å². The Bertz CT molecular complexity index is 1030. The van der Waals surface area contributed by atoms with Crippen molar-refractivity contribution >= 4 is 16.9 Å². The van der Waals surface area contributed by atoms with Crippen LogP contribution in [0.2, 0.25) is 0 Å². The predicted molar refractivity (Wildman–Crippen MR) is 96.8 cm³/mol. The molecule has 1 aliphatic rings. The molecule has 0 amide bonds. The third-order valence-corrected chi connectivity index (χ3v) is 4.55. The highest BCUT2D eigenvalue weighted by Crippen LogP contribution is 2.29. The van der Waals surface area contributed by atoms with Crippen molar-refractivity contribution < 1.29 is 18.7 Å². The summed E-state index contributed by atoms with van der Waals surface area (Å²) in [4.78, 5) is 24.0. The fourth-order valence-corrected chi connectivity index (χ4v) is 3.26. The van der Waals surface area contributed by atoms with Crippen LogP contribution in [0.25, 0.3) is 11.0 Å². The molecule has 1 heterocycles. The second-order valence-corrected chi connectivity index (χ2v) is 6.43. The number of carbonyl (C=O) groups excluding carboxylic acids is 1. The van der Waals surface area contributed by atoms with Crippen LogP contribution in [0.4, 0.5) is 0 Å². The van der Waals surface area contributed by atoms with Gasteiger partial charge in [0.2, 0.25) is 0 Å². The van der Waals surface area contributed by atoms with Gasteiger partial charge in [0.05, 0.1) is 0 Å². The zero-order valence-electron chi connectivity index (χ0n) is 14.4. The molecule has 0 radical (unpaired) electrons. The quantitative estimate of drug-likeness (QED) is 0.409. The molecule has 5 nitrogen and oxygen atoms in total. The Hall–Kier alpha value is -3.08. The van der Waals surface area contributed by atoms with Crippen molar-refractivity contribution in [3.63, 3.8) is 0 Å². The Balaban J connectivity index is 1.47. The Kier molecular flexibility index (Phi) is 4.21. The molecule has 26 heavy (non-hydrogen) atoms. The summed E-state index contributed by atoms with van der Waals surface area (Å²) in [5.74, 6) is 0.438. The summed E-state index contributed by atoms with van der Waals surface area (Å²) in [7, 11) is 0. The molecule has 0 bridgehead atoms. The number of benzene rings is 2. The maximum Gasteiger partial charge on any atom is 0.349 e. The highest BCUT2D eigenvalue weighted by atomic mass is 16.6. The van der Waals surface area contributed by atoms with Crippen molar-refractivity contribution in [2.75, 3.05) is 6.61 Å². The topological polar surface area (TPSA) is 65.7 Å². The number of aryl methyl sites for hydroxylation is 2. The van der Waals surface area contributed by atoms with E-state index >= 15 is 0 Å². The summed E-state index contributed by atoms with van der Waals surface area (Å²) in [5, 5.41) is 0.937. The van der Waals surface area contributed by atoms with Crippen LogP contribution in [0.15, 0.2) is 51.7 Å². The molecule has 0 unspecified atom stereocenters. The number of esters is 1. The van der Waals surface area contributed by atoms with E-state index in [9.17, 15) is 9.59 Å². The van der Waals surface area contributed by atoms with Crippen LogP contribution in [0.1, 0.15) is 23.1 Å². The van der Waals surface area contributed by atoms with Crippen LogP contribution in [0.5, 0.6) is 11.5 Å². The zero-order valence-corrected chi connectivity index (χ0v) is 14.4. The lowest BCUT2D eigenvalue weighted by Crippen LogP contribution is -2.17. The highest BCUT2D eigenvalue weighted by molar-refractivity contribution is 5.83. The maximum absolute atomic E-state index is 12.0. The van der Waals surface area contributed by atoms with Gasteiger partial charge >= 0.3 is 11.6 Å². The monoisotopic (exact) mass is 350 g/mol. The summed E-state index contributed by atoms with van der Waals surface area (Å²) in [6.07, 6.45) is 2.64. The maximum atomic E-state index is 12.0. The summed E-state index contributed by atoms with van der Waals surface area (Å²) >= 11 is 0. The van der Waals surface area contributed by atoms with Crippen LogP contribution in [-0.2, 0) is 17.6 Å². The van der Waals surface area contributed by atoms with Crippen LogP contribution in [-0.4, -0.2) is 12.6 Å². The summed E-state index contributed by atoms with van der Waals surface area (Å²) in [5.41, 5.74) is 3.15. The molecule has 4 rings (SSSR count). The lowest BCUT2D eigenvalue weighted by atomic mass is 10.1. The van der Waals surface area contributed by atoms with Crippen LogP contribution < -0.4 is 15.1 Å². The van der Waals surface area contributed by atoms with E-state index in [1.54, 1.807) is 24.3 Å². The van der Waals surface area contributed by atoms with Gasteiger partial charge in [-0.3, -0.25) is 0 Å². The first kappa shape index (κ1) is 16.4. The summed E-state index contributed by atoms with van der Waals surface area (Å²) in [6.45, 7) is 1.73. The van der Waals surface area contributed by atoms with E-state index in [4.69, 9.17) is 13.9 Å². The van der Waals surface area contributed by atoms with Gasteiger partial charge in [0.25, 0.3) is 0 Å². The third kappa shape index (κ3) is 3.20. The molecule has 0 fully saturated rings. The Morgan fingerprint density at radius 2 is 1.77 bits per heavy atom. The van der Waals surface area contributed by atoms with Crippen molar-refractivity contribution in [1.29, 1.82) is 0 Å². The second kappa shape index (κ2) is 6.67. The molecular weight excluding hydrogens is 332 g/mol. The van der Waals surface area contributed by atoms with Gasteiger partial charge in [0.1, 0.15) is 17.1 Å². The molecular formula is C21H18O5. The van der Waals surface area contributed by atoms with Gasteiger partial charge in [-0.25, -0.2) is 9.59 Å². The van der Waals surface area contributed by atoms with Gasteiger partial charge in [-0.1, -0.05) is 17.7 Å². The van der Waals surface area contributed by atoms with Gasteiger partial charge in [-0.05, 0) is 56.0 Å². The van der Waals surface area contributed by atoms with Crippen LogP contribution >= 0.6 is 0 Å². The Morgan fingerprint density at radius 3 is 2.58 bits per heavy atom. The standard InChI is InChI=1S/C21H18O5/c1-13-5-7-14(8-6-13)25-20(22)12-24-15-9-10-17-16-3-2-4-18(16)21(23)26-19(17)11-15/h5-11H,2-4,12H2,1H3. The van der Waals surface area contributed by atoms with Crippen molar-refractivity contribution in [1.82, 2.24) is 0 Å². The number of hydrogen-bond acceptors (Lipinski definition) is 5. The van der Waals surface area contributed by atoms with Gasteiger partial charge in [0, 0.05) is 17.0 Å². The minimum atomic E-state index is -0.496. The normalized spacial score (nSPS) is 12.8. The van der Waals surface area contributed by atoms with E-state index in [1.807, 2.05) is 25.1 Å². The third-order valence-electron chi connectivity index (χ3n) is 4.55. The van der Waals surface area contributed by atoms with E-state index in [0.717, 1.165) is 41.3 Å². The van der Waals surface area contributed by atoms with Crippen molar-refractivity contribution in [2.24, 2.45) is 0 Å². The fraction of sp³-hybridized carbons (Fsp3) is 0.238.